The summed E-state index contributed by atoms with van der Waals surface area (Å²) >= 11 is 0. The first kappa shape index (κ1) is 11.3. The maximum absolute atomic E-state index is 12.7. The number of aryl methyl sites for hydroxylation is 1. The van der Waals surface area contributed by atoms with Crippen molar-refractivity contribution in [3.05, 3.63) is 41.8 Å². The summed E-state index contributed by atoms with van der Waals surface area (Å²) in [6.45, 7) is 1.85. The van der Waals surface area contributed by atoms with Crippen molar-refractivity contribution >= 4 is 5.95 Å². The number of ether oxygens (including phenoxy) is 1. The van der Waals surface area contributed by atoms with Gasteiger partial charge in [0.2, 0.25) is 11.8 Å². The molecular formula is C12H12FN3O. The lowest BCUT2D eigenvalue weighted by molar-refractivity contribution is 0.460. The van der Waals surface area contributed by atoms with Gasteiger partial charge in [-0.25, -0.2) is 9.37 Å². The highest BCUT2D eigenvalue weighted by Crippen LogP contribution is 2.20. The summed E-state index contributed by atoms with van der Waals surface area (Å²) in [6.07, 6.45) is 0. The zero-order chi connectivity index (χ0) is 12.3. The van der Waals surface area contributed by atoms with E-state index < -0.39 is 0 Å². The zero-order valence-electron chi connectivity index (χ0n) is 9.57. The van der Waals surface area contributed by atoms with E-state index in [2.05, 4.69) is 15.3 Å². The number of halogens is 1. The van der Waals surface area contributed by atoms with Crippen molar-refractivity contribution in [1.29, 1.82) is 0 Å². The molecule has 17 heavy (non-hydrogen) atoms. The van der Waals surface area contributed by atoms with Crippen molar-refractivity contribution in [3.8, 4) is 11.6 Å². The van der Waals surface area contributed by atoms with Gasteiger partial charge in [0.1, 0.15) is 11.6 Å². The van der Waals surface area contributed by atoms with Crippen LogP contribution in [-0.2, 0) is 0 Å². The van der Waals surface area contributed by atoms with E-state index in [0.29, 0.717) is 17.6 Å². The molecule has 2 rings (SSSR count). The highest BCUT2D eigenvalue weighted by atomic mass is 19.1. The summed E-state index contributed by atoms with van der Waals surface area (Å²) in [7, 11) is 1.73. The van der Waals surface area contributed by atoms with Crippen LogP contribution in [0.5, 0.6) is 11.6 Å². The number of anilines is 1. The summed E-state index contributed by atoms with van der Waals surface area (Å²) < 4.78 is 18.2. The van der Waals surface area contributed by atoms with Crippen LogP contribution in [0.25, 0.3) is 0 Å². The van der Waals surface area contributed by atoms with E-state index in [1.165, 1.54) is 12.1 Å². The number of hydrogen-bond donors (Lipinski definition) is 1. The molecule has 0 bridgehead atoms. The van der Waals surface area contributed by atoms with E-state index in [9.17, 15) is 4.39 Å². The number of aromatic nitrogens is 2. The molecule has 1 aromatic carbocycles. The van der Waals surface area contributed by atoms with Gasteiger partial charge in [-0.3, -0.25) is 0 Å². The maximum Gasteiger partial charge on any atom is 0.225 e. The van der Waals surface area contributed by atoms with Crippen molar-refractivity contribution in [2.45, 2.75) is 6.92 Å². The van der Waals surface area contributed by atoms with E-state index in [-0.39, 0.29) is 5.82 Å². The molecule has 0 aliphatic heterocycles. The Hall–Kier alpha value is -2.17. The van der Waals surface area contributed by atoms with Crippen LogP contribution >= 0.6 is 0 Å². The second-order valence-electron chi connectivity index (χ2n) is 3.48. The minimum Gasteiger partial charge on any atom is -0.439 e. The first-order chi connectivity index (χ1) is 8.17. The van der Waals surface area contributed by atoms with Gasteiger partial charge in [0.05, 0.1) is 0 Å². The molecule has 0 amide bonds. The molecule has 0 radical (unpaired) electrons. The van der Waals surface area contributed by atoms with Gasteiger partial charge in [-0.1, -0.05) is 0 Å². The van der Waals surface area contributed by atoms with Crippen molar-refractivity contribution in [3.63, 3.8) is 0 Å². The molecule has 0 saturated carbocycles. The Morgan fingerprint density at radius 1 is 1.18 bits per heavy atom. The van der Waals surface area contributed by atoms with E-state index in [4.69, 9.17) is 4.74 Å². The Labute approximate surface area is 98.5 Å². The van der Waals surface area contributed by atoms with Gasteiger partial charge >= 0.3 is 0 Å². The molecule has 2 aromatic rings. The van der Waals surface area contributed by atoms with E-state index in [1.807, 2.05) is 6.92 Å². The molecule has 4 nitrogen and oxygen atoms in total. The molecule has 0 saturated heterocycles. The summed E-state index contributed by atoms with van der Waals surface area (Å²) in [4.78, 5) is 8.28. The molecular weight excluding hydrogens is 221 g/mol. The third-order valence-corrected chi connectivity index (χ3v) is 2.09. The van der Waals surface area contributed by atoms with Crippen LogP contribution in [0.3, 0.4) is 0 Å². The van der Waals surface area contributed by atoms with Gasteiger partial charge in [-0.05, 0) is 31.2 Å². The number of nitrogens with zero attached hydrogens (tertiary/aromatic N) is 2. The summed E-state index contributed by atoms with van der Waals surface area (Å²) in [5.74, 6) is 1.15. The fourth-order valence-corrected chi connectivity index (χ4v) is 1.33. The van der Waals surface area contributed by atoms with E-state index >= 15 is 0 Å². The van der Waals surface area contributed by atoms with Crippen LogP contribution in [0.15, 0.2) is 30.3 Å². The molecule has 1 aromatic heterocycles. The SMILES string of the molecule is CNc1nc(C)cc(Oc2ccc(F)cc2)n1. The molecule has 0 aliphatic rings. The Morgan fingerprint density at radius 3 is 2.53 bits per heavy atom. The monoisotopic (exact) mass is 233 g/mol. The van der Waals surface area contributed by atoms with Crippen LogP contribution < -0.4 is 10.1 Å². The molecule has 0 unspecified atom stereocenters. The van der Waals surface area contributed by atoms with Gasteiger partial charge in [-0.2, -0.15) is 4.98 Å². The third kappa shape index (κ3) is 2.90. The average Bonchev–Trinajstić information content (AvgIpc) is 2.31. The molecule has 0 atom stereocenters. The number of nitrogens with one attached hydrogen (secondary N) is 1. The van der Waals surface area contributed by atoms with Gasteiger partial charge < -0.3 is 10.1 Å². The van der Waals surface area contributed by atoms with Crippen molar-refractivity contribution in [2.24, 2.45) is 0 Å². The topological polar surface area (TPSA) is 47.0 Å². The highest BCUT2D eigenvalue weighted by molar-refractivity contribution is 5.33. The second-order valence-corrected chi connectivity index (χ2v) is 3.48. The number of benzene rings is 1. The zero-order valence-corrected chi connectivity index (χ0v) is 9.57. The number of hydrogen-bond acceptors (Lipinski definition) is 4. The van der Waals surface area contributed by atoms with E-state index in [0.717, 1.165) is 5.69 Å². The van der Waals surface area contributed by atoms with Crippen LogP contribution in [0.1, 0.15) is 5.69 Å². The first-order valence-corrected chi connectivity index (χ1v) is 5.14. The third-order valence-electron chi connectivity index (χ3n) is 2.09. The minimum absolute atomic E-state index is 0.299. The average molecular weight is 233 g/mol. The summed E-state index contributed by atoms with van der Waals surface area (Å²) in [5, 5.41) is 2.84. The largest absolute Gasteiger partial charge is 0.439 e. The van der Waals surface area contributed by atoms with Gasteiger partial charge in [-0.15, -0.1) is 0 Å². The predicted molar refractivity (Wildman–Crippen MR) is 62.8 cm³/mol. The molecule has 5 heteroatoms. The lowest BCUT2D eigenvalue weighted by Gasteiger charge is -2.07. The molecule has 88 valence electrons. The smallest absolute Gasteiger partial charge is 0.225 e. The molecule has 0 fully saturated rings. The highest BCUT2D eigenvalue weighted by Gasteiger charge is 2.03. The van der Waals surface area contributed by atoms with Crippen LogP contribution in [0, 0.1) is 12.7 Å². The summed E-state index contributed by atoms with van der Waals surface area (Å²) in [6, 6.07) is 7.48. The molecule has 0 aliphatic carbocycles. The quantitative estimate of drug-likeness (QED) is 0.885. The normalized spacial score (nSPS) is 10.1. The maximum atomic E-state index is 12.7. The Morgan fingerprint density at radius 2 is 1.88 bits per heavy atom. The fourth-order valence-electron chi connectivity index (χ4n) is 1.33. The standard InChI is InChI=1S/C12H12FN3O/c1-8-7-11(16-12(14-2)15-8)17-10-5-3-9(13)4-6-10/h3-7H,1-2H3,(H,14,15,16). The van der Waals surface area contributed by atoms with Crippen molar-refractivity contribution in [2.75, 3.05) is 12.4 Å². The Bertz CT molecular complexity index is 514. The molecule has 0 spiro atoms. The lowest BCUT2D eigenvalue weighted by atomic mass is 10.3. The second kappa shape index (κ2) is 4.78. The Balaban J connectivity index is 2.23. The summed E-state index contributed by atoms with van der Waals surface area (Å²) in [5.41, 5.74) is 0.793. The molecule has 1 N–H and O–H groups in total. The van der Waals surface area contributed by atoms with E-state index in [1.54, 1.807) is 25.2 Å². The van der Waals surface area contributed by atoms with Crippen LogP contribution in [0.2, 0.25) is 0 Å². The Kier molecular flexibility index (Phi) is 3.18. The van der Waals surface area contributed by atoms with Crippen LogP contribution in [0.4, 0.5) is 10.3 Å². The van der Waals surface area contributed by atoms with Gasteiger partial charge in [0.15, 0.2) is 0 Å². The van der Waals surface area contributed by atoms with Gasteiger partial charge in [0.25, 0.3) is 0 Å². The van der Waals surface area contributed by atoms with Crippen molar-refractivity contribution in [1.82, 2.24) is 9.97 Å². The number of rotatable bonds is 3. The lowest BCUT2D eigenvalue weighted by Crippen LogP contribution is -1.99. The van der Waals surface area contributed by atoms with Crippen LogP contribution in [-0.4, -0.2) is 17.0 Å². The molecule has 1 heterocycles. The first-order valence-electron chi connectivity index (χ1n) is 5.14. The fraction of sp³-hybridized carbons (Fsp3) is 0.167. The predicted octanol–water partition coefficient (Wildman–Crippen LogP) is 2.76. The minimum atomic E-state index is -0.299. The van der Waals surface area contributed by atoms with Crippen molar-refractivity contribution < 1.29 is 9.13 Å². The van der Waals surface area contributed by atoms with Gasteiger partial charge in [0, 0.05) is 18.8 Å².